The maximum absolute atomic E-state index is 10.3. The molecular weight excluding hydrogens is 454 g/mol. The van der Waals surface area contributed by atoms with Crippen LogP contribution in [-0.2, 0) is 31.0 Å². The average molecular weight is 478 g/mol. The molecule has 0 aliphatic carbocycles. The first-order chi connectivity index (χ1) is 14.6. The number of rotatable bonds is 4. The van der Waals surface area contributed by atoms with Crippen LogP contribution in [0.2, 0.25) is 0 Å². The summed E-state index contributed by atoms with van der Waals surface area (Å²) in [5.41, 5.74) is 5.70. The fourth-order valence-electron chi connectivity index (χ4n) is 5.03. The lowest BCUT2D eigenvalue weighted by Crippen LogP contribution is -2.37. The van der Waals surface area contributed by atoms with Gasteiger partial charge in [-0.25, -0.2) is 0 Å². The van der Waals surface area contributed by atoms with E-state index in [1.807, 2.05) is 12.1 Å². The number of aliphatic hydroxyl groups is 2. The number of likely N-dealkylation sites (N-methyl/N-ethyl adjacent to an activating group) is 1. The van der Waals surface area contributed by atoms with Crippen LogP contribution in [0.1, 0.15) is 45.5 Å². The molecule has 0 unspecified atom stereocenters. The van der Waals surface area contributed by atoms with Crippen LogP contribution >= 0.6 is 15.9 Å². The average Bonchev–Trinajstić information content (AvgIpc) is 3.41. The monoisotopic (exact) mass is 477 g/mol. The molecule has 0 amide bonds. The fraction of sp³-hybridized carbons (Fsp3) is 0.455. The second-order valence-corrected chi connectivity index (χ2v) is 8.58. The van der Waals surface area contributed by atoms with Gasteiger partial charge in [-0.1, -0.05) is 6.07 Å². The lowest BCUT2D eigenvalue weighted by molar-refractivity contribution is -0.00469. The highest BCUT2D eigenvalue weighted by Gasteiger charge is 2.42. The summed E-state index contributed by atoms with van der Waals surface area (Å²) >= 11 is 3.72. The van der Waals surface area contributed by atoms with E-state index in [2.05, 4.69) is 27.9 Å². The zero-order chi connectivity index (χ0) is 21.0. The van der Waals surface area contributed by atoms with Crippen molar-refractivity contribution < 1.29 is 29.2 Å². The number of fused-ring (bicyclic) bond motifs is 3. The summed E-state index contributed by atoms with van der Waals surface area (Å²) < 4.78 is 24.0. The standard InChI is InChI=1S/C22H24BrNO6/c1-24-6-5-12-17(14(8-26)21-22(18(12)23)30-10-29-21)19(24)20-11-3-4-16(27-2)13(7-25)15(11)9-28-20/h3-4,19-20,25-26H,5-10H2,1-2H3/t19-,20+/m1/s1. The molecule has 0 bridgehead atoms. The van der Waals surface area contributed by atoms with Crippen molar-refractivity contribution in [2.75, 3.05) is 27.5 Å². The summed E-state index contributed by atoms with van der Waals surface area (Å²) in [6, 6.07) is 3.80. The highest BCUT2D eigenvalue weighted by molar-refractivity contribution is 9.10. The number of ether oxygens (including phenoxy) is 4. The van der Waals surface area contributed by atoms with Crippen molar-refractivity contribution in [1.29, 1.82) is 0 Å². The van der Waals surface area contributed by atoms with Crippen LogP contribution in [0.5, 0.6) is 17.2 Å². The molecule has 30 heavy (non-hydrogen) atoms. The molecule has 8 heteroatoms. The summed E-state index contributed by atoms with van der Waals surface area (Å²) in [7, 11) is 3.68. The van der Waals surface area contributed by atoms with Gasteiger partial charge in [-0.15, -0.1) is 0 Å². The first kappa shape index (κ1) is 20.1. The van der Waals surface area contributed by atoms with E-state index in [9.17, 15) is 10.2 Å². The maximum Gasteiger partial charge on any atom is 0.231 e. The van der Waals surface area contributed by atoms with Gasteiger partial charge < -0.3 is 29.2 Å². The van der Waals surface area contributed by atoms with Crippen LogP contribution in [0.25, 0.3) is 0 Å². The number of hydrogen-bond acceptors (Lipinski definition) is 7. The van der Waals surface area contributed by atoms with E-state index in [0.717, 1.165) is 50.8 Å². The highest BCUT2D eigenvalue weighted by atomic mass is 79.9. The first-order valence-electron chi connectivity index (χ1n) is 9.95. The van der Waals surface area contributed by atoms with Crippen molar-refractivity contribution in [3.8, 4) is 17.2 Å². The van der Waals surface area contributed by atoms with Gasteiger partial charge in [-0.2, -0.15) is 0 Å². The van der Waals surface area contributed by atoms with E-state index in [1.165, 1.54) is 0 Å². The van der Waals surface area contributed by atoms with Crippen molar-refractivity contribution >= 4 is 15.9 Å². The predicted molar refractivity (Wildman–Crippen MR) is 112 cm³/mol. The van der Waals surface area contributed by atoms with Gasteiger partial charge in [0, 0.05) is 17.7 Å². The summed E-state index contributed by atoms with van der Waals surface area (Å²) in [6.45, 7) is 1.15. The minimum atomic E-state index is -0.238. The molecule has 2 N–H and O–H groups in total. The van der Waals surface area contributed by atoms with Gasteiger partial charge in [-0.05, 0) is 57.7 Å². The van der Waals surface area contributed by atoms with Gasteiger partial charge in [0.15, 0.2) is 11.5 Å². The van der Waals surface area contributed by atoms with Crippen molar-refractivity contribution in [2.24, 2.45) is 0 Å². The Morgan fingerprint density at radius 1 is 1.13 bits per heavy atom. The molecule has 0 radical (unpaired) electrons. The Balaban J connectivity index is 1.68. The molecule has 0 saturated heterocycles. The van der Waals surface area contributed by atoms with E-state index in [0.29, 0.717) is 23.9 Å². The van der Waals surface area contributed by atoms with E-state index in [4.69, 9.17) is 18.9 Å². The Labute approximate surface area is 183 Å². The van der Waals surface area contributed by atoms with Crippen molar-refractivity contribution in [1.82, 2.24) is 4.90 Å². The van der Waals surface area contributed by atoms with Gasteiger partial charge in [0.1, 0.15) is 11.9 Å². The molecule has 5 rings (SSSR count). The van der Waals surface area contributed by atoms with Crippen molar-refractivity contribution in [3.05, 3.63) is 50.0 Å². The van der Waals surface area contributed by atoms with Gasteiger partial charge in [0.25, 0.3) is 0 Å². The molecule has 3 aliphatic rings. The SMILES string of the molecule is COc1ccc2c(c1CO)CO[C@@H]2[C@H]1c2c(c(Br)c3c(c2CO)OCO3)CCN1C. The summed E-state index contributed by atoms with van der Waals surface area (Å²) in [5, 5.41) is 20.2. The van der Waals surface area contributed by atoms with E-state index >= 15 is 0 Å². The number of benzene rings is 2. The van der Waals surface area contributed by atoms with Crippen LogP contribution in [0.4, 0.5) is 0 Å². The second kappa shape index (κ2) is 7.69. The Kier molecular flexibility index (Phi) is 5.15. The molecule has 3 heterocycles. The van der Waals surface area contributed by atoms with Gasteiger partial charge in [0.2, 0.25) is 6.79 Å². The summed E-state index contributed by atoms with van der Waals surface area (Å²) in [6.07, 6.45) is 0.592. The topological polar surface area (TPSA) is 80.6 Å². The predicted octanol–water partition coefficient (Wildman–Crippen LogP) is 2.97. The number of methoxy groups -OCH3 is 1. The minimum Gasteiger partial charge on any atom is -0.496 e. The molecule has 0 saturated carbocycles. The molecule has 2 aromatic rings. The zero-order valence-electron chi connectivity index (χ0n) is 16.9. The summed E-state index contributed by atoms with van der Waals surface area (Å²) in [5.74, 6) is 1.94. The third-order valence-electron chi connectivity index (χ3n) is 6.45. The van der Waals surface area contributed by atoms with Crippen molar-refractivity contribution in [2.45, 2.75) is 38.4 Å². The number of aliphatic hydroxyl groups excluding tert-OH is 2. The molecule has 0 aromatic heterocycles. The molecular formula is C22H24BrNO6. The quantitative estimate of drug-likeness (QED) is 0.700. The lowest BCUT2D eigenvalue weighted by Gasteiger charge is -2.40. The molecule has 2 atom stereocenters. The van der Waals surface area contributed by atoms with E-state index in [1.54, 1.807) is 7.11 Å². The van der Waals surface area contributed by atoms with Gasteiger partial charge in [0.05, 0.1) is 37.4 Å². The normalized spacial score (nSPS) is 22.2. The minimum absolute atomic E-state index is 0.106. The Hall–Kier alpha value is -1.84. The molecule has 0 fully saturated rings. The Bertz CT molecular complexity index is 1010. The van der Waals surface area contributed by atoms with E-state index in [-0.39, 0.29) is 32.2 Å². The third-order valence-corrected chi connectivity index (χ3v) is 7.29. The van der Waals surface area contributed by atoms with Gasteiger partial charge >= 0.3 is 0 Å². The number of halogens is 1. The molecule has 160 valence electrons. The molecule has 7 nitrogen and oxygen atoms in total. The smallest absolute Gasteiger partial charge is 0.231 e. The Morgan fingerprint density at radius 3 is 2.63 bits per heavy atom. The number of hydrogen-bond donors (Lipinski definition) is 2. The summed E-state index contributed by atoms with van der Waals surface area (Å²) in [4.78, 5) is 2.26. The zero-order valence-corrected chi connectivity index (χ0v) is 18.5. The van der Waals surface area contributed by atoms with Crippen molar-refractivity contribution in [3.63, 3.8) is 0 Å². The van der Waals surface area contributed by atoms with Crippen LogP contribution < -0.4 is 14.2 Å². The molecule has 3 aliphatic heterocycles. The molecule has 0 spiro atoms. The first-order valence-corrected chi connectivity index (χ1v) is 10.7. The van der Waals surface area contributed by atoms with E-state index < -0.39 is 0 Å². The Morgan fingerprint density at radius 2 is 1.90 bits per heavy atom. The molecule has 2 aromatic carbocycles. The largest absolute Gasteiger partial charge is 0.496 e. The van der Waals surface area contributed by atoms with Crippen LogP contribution in [0, 0.1) is 0 Å². The van der Waals surface area contributed by atoms with Crippen LogP contribution in [0.3, 0.4) is 0 Å². The maximum atomic E-state index is 10.3. The lowest BCUT2D eigenvalue weighted by atomic mass is 9.83. The van der Waals surface area contributed by atoms with Crippen LogP contribution in [0.15, 0.2) is 16.6 Å². The van der Waals surface area contributed by atoms with Crippen LogP contribution in [-0.4, -0.2) is 42.6 Å². The fourth-order valence-corrected chi connectivity index (χ4v) is 5.74. The second-order valence-electron chi connectivity index (χ2n) is 7.79. The van der Waals surface area contributed by atoms with Gasteiger partial charge in [-0.3, -0.25) is 4.90 Å². The number of nitrogens with zero attached hydrogens (tertiary/aromatic N) is 1. The third kappa shape index (κ3) is 2.78. The highest BCUT2D eigenvalue weighted by Crippen LogP contribution is 2.54.